The third-order valence-electron chi connectivity index (χ3n) is 13.4. The van der Waals surface area contributed by atoms with E-state index in [0.717, 1.165) is 61.4 Å². The largest absolute Gasteiger partial charge is 0.507 e. The van der Waals surface area contributed by atoms with Crippen molar-refractivity contribution in [2.45, 2.75) is 38.5 Å². The predicted molar refractivity (Wildman–Crippen MR) is 263 cm³/mol. The second kappa shape index (κ2) is 16.5. The molecule has 0 bridgehead atoms. The van der Waals surface area contributed by atoms with Crippen LogP contribution in [0.15, 0.2) is 200 Å². The van der Waals surface area contributed by atoms with Crippen molar-refractivity contribution in [1.29, 1.82) is 0 Å². The predicted octanol–water partition coefficient (Wildman–Crippen LogP) is 14.9. The van der Waals surface area contributed by atoms with Crippen LogP contribution in [0.1, 0.15) is 49.9 Å². The van der Waals surface area contributed by atoms with E-state index < -0.39 is 0 Å². The van der Waals surface area contributed by atoms with Crippen LogP contribution >= 0.6 is 0 Å². The molecule has 5 heteroatoms. The number of hydrogen-bond donors (Lipinski definition) is 1. The summed E-state index contributed by atoms with van der Waals surface area (Å²) in [6.07, 6.45) is 1.93. The van der Waals surface area contributed by atoms with Crippen molar-refractivity contribution in [3.05, 3.63) is 229 Å². The monoisotopic (exact) mass is 1020 g/mol. The number of hydrogen-bond acceptors (Lipinski definition) is 3. The molecule has 1 aliphatic rings. The fourth-order valence-corrected chi connectivity index (χ4v) is 9.96. The van der Waals surface area contributed by atoms with Gasteiger partial charge in [0, 0.05) is 43.9 Å². The molecular weight excluding hydrogens is 974 g/mol. The Balaban J connectivity index is 0.00000498. The van der Waals surface area contributed by atoms with Gasteiger partial charge in [0.05, 0.1) is 22.3 Å². The molecule has 11 rings (SSSR count). The van der Waals surface area contributed by atoms with Crippen LogP contribution in [0.5, 0.6) is 5.75 Å². The molecule has 0 unspecified atom stereocenters. The summed E-state index contributed by atoms with van der Waals surface area (Å²) in [5, 5.41) is 11.4. The fourth-order valence-electron chi connectivity index (χ4n) is 9.96. The number of nitrogens with zero attached hydrogens (tertiary/aromatic N) is 3. The maximum Gasteiger partial charge on any atom is 0.148 e. The molecule has 1 aliphatic carbocycles. The van der Waals surface area contributed by atoms with Crippen molar-refractivity contribution >= 4 is 11.0 Å². The molecule has 4 nitrogen and oxygen atoms in total. The van der Waals surface area contributed by atoms with E-state index in [2.05, 4.69) is 202 Å². The van der Waals surface area contributed by atoms with Crippen molar-refractivity contribution in [2.24, 2.45) is 0 Å². The molecule has 0 aliphatic heterocycles. The smallest absolute Gasteiger partial charge is 0.148 e. The molecule has 1 N–H and O–H groups in total. The zero-order valence-electron chi connectivity index (χ0n) is 36.7. The van der Waals surface area contributed by atoms with E-state index in [-0.39, 0.29) is 37.6 Å². The molecule has 65 heavy (non-hydrogen) atoms. The van der Waals surface area contributed by atoms with E-state index in [1.807, 2.05) is 30.5 Å². The van der Waals surface area contributed by atoms with Gasteiger partial charge in [-0.25, -0.2) is 4.98 Å². The minimum Gasteiger partial charge on any atom is -0.507 e. The molecule has 0 atom stereocenters. The van der Waals surface area contributed by atoms with Gasteiger partial charge in [-0.1, -0.05) is 208 Å². The van der Waals surface area contributed by atoms with Gasteiger partial charge in [-0.05, 0) is 74.7 Å². The average Bonchev–Trinajstić information content (AvgIpc) is 3.84. The van der Waals surface area contributed by atoms with E-state index in [4.69, 9.17) is 9.97 Å². The Morgan fingerprint density at radius 2 is 1.18 bits per heavy atom. The number of phenolic OH excluding ortho intramolecular Hbond substituents is 1. The van der Waals surface area contributed by atoms with Crippen molar-refractivity contribution in [3.8, 4) is 78.6 Å². The van der Waals surface area contributed by atoms with Gasteiger partial charge < -0.3 is 5.11 Å². The summed E-state index contributed by atoms with van der Waals surface area (Å²) in [6.45, 7) is 9.20. The number of benzene rings is 8. The second-order valence-corrected chi connectivity index (χ2v) is 17.9. The first kappa shape index (κ1) is 41.9. The van der Waals surface area contributed by atoms with E-state index >= 15 is 0 Å². The molecular formula is C60H46N3OPt-. The molecule has 2 heterocycles. The first-order valence-corrected chi connectivity index (χ1v) is 22.0. The molecule has 0 radical (unpaired) electrons. The molecule has 8 aromatic carbocycles. The Bertz CT molecular complexity index is 3390. The van der Waals surface area contributed by atoms with Crippen LogP contribution in [0.4, 0.5) is 0 Å². The summed E-state index contributed by atoms with van der Waals surface area (Å²) in [4.78, 5) is 10.6. The molecule has 0 saturated heterocycles. The maximum atomic E-state index is 11.4. The molecule has 0 fully saturated rings. The molecule has 0 amide bonds. The van der Waals surface area contributed by atoms with Gasteiger partial charge in [-0.15, -0.1) is 17.7 Å². The van der Waals surface area contributed by atoms with Gasteiger partial charge in [0.15, 0.2) is 0 Å². The number of imidazole rings is 1. The number of para-hydroxylation sites is 3. The van der Waals surface area contributed by atoms with Crippen LogP contribution in [0, 0.1) is 6.07 Å². The fraction of sp³-hybridized carbons (Fsp3) is 0.100. The number of aromatic nitrogens is 3. The van der Waals surface area contributed by atoms with E-state index in [9.17, 15) is 5.11 Å². The third-order valence-corrected chi connectivity index (χ3v) is 13.4. The number of pyridine rings is 1. The van der Waals surface area contributed by atoms with Gasteiger partial charge in [-0.3, -0.25) is 9.55 Å². The zero-order valence-corrected chi connectivity index (χ0v) is 38.9. The minimum absolute atomic E-state index is 0. The van der Waals surface area contributed by atoms with Crippen LogP contribution in [0.25, 0.3) is 83.9 Å². The van der Waals surface area contributed by atoms with Crippen LogP contribution in [0.3, 0.4) is 0 Å². The summed E-state index contributed by atoms with van der Waals surface area (Å²) >= 11 is 0. The minimum atomic E-state index is -0.300. The summed E-state index contributed by atoms with van der Waals surface area (Å²) < 4.78 is 2.19. The summed E-state index contributed by atoms with van der Waals surface area (Å²) in [7, 11) is 0. The van der Waals surface area contributed by atoms with Gasteiger partial charge in [0.2, 0.25) is 0 Å². The Labute approximate surface area is 395 Å². The number of aromatic hydroxyl groups is 1. The second-order valence-electron chi connectivity index (χ2n) is 17.9. The van der Waals surface area contributed by atoms with Crippen molar-refractivity contribution in [3.63, 3.8) is 0 Å². The van der Waals surface area contributed by atoms with Crippen LogP contribution < -0.4 is 0 Å². The van der Waals surface area contributed by atoms with E-state index in [0.29, 0.717) is 11.4 Å². The van der Waals surface area contributed by atoms with Crippen molar-refractivity contribution < 1.29 is 26.2 Å². The SMILES string of the molecule is CC(C)(c1ccccc1)c1ccc(-c2ccnc(-c3[c-]c(-c4cccc5c4nc(-c4ccccc4O)n5-c4ccccc4-c4ccccc4)cc4c3C(C)(C)c3ccccc3-4)c2)cc1.[Pt]. The normalized spacial score (nSPS) is 12.7. The zero-order chi connectivity index (χ0) is 43.6. The molecule has 0 saturated carbocycles. The van der Waals surface area contributed by atoms with Crippen LogP contribution in [-0.4, -0.2) is 19.6 Å². The van der Waals surface area contributed by atoms with E-state index in [1.54, 1.807) is 6.07 Å². The summed E-state index contributed by atoms with van der Waals surface area (Å²) in [5.74, 6) is 0.827. The maximum absolute atomic E-state index is 11.4. The standard InChI is InChI=1S/C60H46N3O.Pt/c1-59(2,43-20-9-6-10-21-43)44-32-30-39(31-33-44)41-34-35-61-52(38-41)50-37-42(36-49-47-23-11-14-26-51(47)60(3,4)56(49)50)46-25-17-28-54-57(46)62-58(48-24-13-16-29-55(48)64)63(54)53-27-15-12-22-45(53)40-18-7-5-8-19-40;/h5-36,38,64H,1-4H3;/q-1;. The van der Waals surface area contributed by atoms with Crippen LogP contribution in [-0.2, 0) is 31.9 Å². The van der Waals surface area contributed by atoms with E-state index in [1.165, 1.54) is 33.4 Å². The topological polar surface area (TPSA) is 50.9 Å². The van der Waals surface area contributed by atoms with Gasteiger partial charge in [0.1, 0.15) is 11.6 Å². The average molecular weight is 1020 g/mol. The number of rotatable bonds is 8. The first-order chi connectivity index (χ1) is 31.2. The number of fused-ring (bicyclic) bond motifs is 4. The van der Waals surface area contributed by atoms with Crippen LogP contribution in [0.2, 0.25) is 0 Å². The Morgan fingerprint density at radius 3 is 1.94 bits per heavy atom. The van der Waals surface area contributed by atoms with Crippen molar-refractivity contribution in [1.82, 2.24) is 14.5 Å². The Hall–Kier alpha value is -7.13. The molecule has 2 aromatic heterocycles. The molecule has 318 valence electrons. The first-order valence-electron chi connectivity index (χ1n) is 22.0. The Kier molecular flexibility index (Phi) is 10.6. The van der Waals surface area contributed by atoms with Gasteiger partial charge in [0.25, 0.3) is 0 Å². The Morgan fingerprint density at radius 1 is 0.554 bits per heavy atom. The van der Waals surface area contributed by atoms with Gasteiger partial charge >= 0.3 is 0 Å². The molecule has 0 spiro atoms. The number of phenols is 1. The van der Waals surface area contributed by atoms with Gasteiger partial charge in [-0.2, -0.15) is 0 Å². The molecule has 10 aromatic rings. The quantitative estimate of drug-likeness (QED) is 0.154. The third kappa shape index (κ3) is 7.05. The summed E-state index contributed by atoms with van der Waals surface area (Å²) in [6, 6.07) is 71.7. The summed E-state index contributed by atoms with van der Waals surface area (Å²) in [5.41, 5.74) is 18.5. The van der Waals surface area contributed by atoms with Crippen molar-refractivity contribution in [2.75, 3.05) is 0 Å².